The van der Waals surface area contributed by atoms with E-state index in [1.807, 2.05) is 24.0 Å². The van der Waals surface area contributed by atoms with Gasteiger partial charge in [0, 0.05) is 37.0 Å². The third-order valence-corrected chi connectivity index (χ3v) is 3.74. The molecule has 1 N–H and O–H groups in total. The van der Waals surface area contributed by atoms with Gasteiger partial charge in [0.25, 0.3) is 0 Å². The highest BCUT2D eigenvalue weighted by Crippen LogP contribution is 2.25. The van der Waals surface area contributed by atoms with E-state index in [0.29, 0.717) is 11.7 Å². The van der Waals surface area contributed by atoms with Gasteiger partial charge < -0.3 is 9.42 Å². The number of amides is 1. The van der Waals surface area contributed by atoms with Crippen molar-refractivity contribution in [2.45, 2.75) is 32.1 Å². The molecule has 1 atom stereocenters. The molecule has 0 spiro atoms. The molecule has 1 aliphatic heterocycles. The van der Waals surface area contributed by atoms with Gasteiger partial charge in [-0.15, -0.1) is 0 Å². The Labute approximate surface area is 117 Å². The van der Waals surface area contributed by atoms with E-state index in [4.69, 9.17) is 4.52 Å². The molecular weight excluding hydrogens is 256 g/mol. The van der Waals surface area contributed by atoms with Crippen LogP contribution < -0.4 is 0 Å². The third-order valence-electron chi connectivity index (χ3n) is 3.74. The van der Waals surface area contributed by atoms with Crippen molar-refractivity contribution >= 4 is 5.91 Å². The number of piperidine rings is 1. The lowest BCUT2D eigenvalue weighted by molar-refractivity contribution is -0.132. The van der Waals surface area contributed by atoms with E-state index in [-0.39, 0.29) is 12.3 Å². The van der Waals surface area contributed by atoms with Crippen molar-refractivity contribution in [3.63, 3.8) is 0 Å². The number of aryl methyl sites for hydroxylation is 1. The Balaban J connectivity index is 1.63. The maximum atomic E-state index is 12.3. The van der Waals surface area contributed by atoms with Gasteiger partial charge in [-0.2, -0.15) is 5.10 Å². The number of aromatic nitrogens is 3. The van der Waals surface area contributed by atoms with Gasteiger partial charge >= 0.3 is 0 Å². The summed E-state index contributed by atoms with van der Waals surface area (Å²) >= 11 is 0. The van der Waals surface area contributed by atoms with Gasteiger partial charge in [-0.1, -0.05) is 5.16 Å². The Morgan fingerprint density at radius 2 is 2.50 bits per heavy atom. The molecule has 2 aromatic rings. The number of rotatable bonds is 3. The second-order valence-corrected chi connectivity index (χ2v) is 5.30. The molecule has 0 bridgehead atoms. The second kappa shape index (κ2) is 5.48. The molecule has 1 aliphatic rings. The first-order chi connectivity index (χ1) is 9.72. The average molecular weight is 274 g/mol. The number of likely N-dealkylation sites (tertiary alicyclic amines) is 1. The maximum absolute atomic E-state index is 12.3. The minimum Gasteiger partial charge on any atom is -0.361 e. The number of carbonyl (C=O) groups is 1. The maximum Gasteiger partial charge on any atom is 0.230 e. The lowest BCUT2D eigenvalue weighted by Crippen LogP contribution is -2.40. The van der Waals surface area contributed by atoms with Crippen molar-refractivity contribution in [1.29, 1.82) is 0 Å². The summed E-state index contributed by atoms with van der Waals surface area (Å²) in [6.45, 7) is 3.41. The Bertz CT molecular complexity index is 576. The predicted molar refractivity (Wildman–Crippen MR) is 72.1 cm³/mol. The van der Waals surface area contributed by atoms with Crippen molar-refractivity contribution in [1.82, 2.24) is 20.3 Å². The molecule has 0 saturated carbocycles. The molecule has 3 heterocycles. The van der Waals surface area contributed by atoms with Crippen molar-refractivity contribution in [2.75, 3.05) is 13.1 Å². The van der Waals surface area contributed by atoms with Crippen LogP contribution in [0.5, 0.6) is 0 Å². The van der Waals surface area contributed by atoms with Crippen LogP contribution in [0.3, 0.4) is 0 Å². The number of hydrogen-bond donors (Lipinski definition) is 1. The summed E-state index contributed by atoms with van der Waals surface area (Å²) in [7, 11) is 0. The summed E-state index contributed by atoms with van der Waals surface area (Å²) in [4.78, 5) is 14.2. The zero-order chi connectivity index (χ0) is 13.9. The van der Waals surface area contributed by atoms with Crippen LogP contribution >= 0.6 is 0 Å². The van der Waals surface area contributed by atoms with Gasteiger partial charge in [-0.25, -0.2) is 0 Å². The smallest absolute Gasteiger partial charge is 0.230 e. The number of hydrogen-bond acceptors (Lipinski definition) is 4. The number of aromatic amines is 1. The molecule has 6 nitrogen and oxygen atoms in total. The van der Waals surface area contributed by atoms with Crippen LogP contribution in [-0.4, -0.2) is 39.3 Å². The van der Waals surface area contributed by atoms with E-state index in [0.717, 1.165) is 37.3 Å². The highest BCUT2D eigenvalue weighted by Gasteiger charge is 2.26. The van der Waals surface area contributed by atoms with Crippen molar-refractivity contribution in [3.05, 3.63) is 35.5 Å². The highest BCUT2D eigenvalue weighted by atomic mass is 16.5. The molecule has 0 unspecified atom stereocenters. The summed E-state index contributed by atoms with van der Waals surface area (Å²) < 4.78 is 5.11. The lowest BCUT2D eigenvalue weighted by Gasteiger charge is -2.32. The third kappa shape index (κ3) is 2.74. The van der Waals surface area contributed by atoms with E-state index in [1.54, 1.807) is 6.20 Å². The fourth-order valence-electron chi connectivity index (χ4n) is 2.71. The predicted octanol–water partition coefficient (Wildman–Crippen LogP) is 1.65. The zero-order valence-electron chi connectivity index (χ0n) is 11.5. The van der Waals surface area contributed by atoms with Gasteiger partial charge in [-0.05, 0) is 25.8 Å². The van der Waals surface area contributed by atoms with Gasteiger partial charge in [0.1, 0.15) is 5.76 Å². The highest BCUT2D eigenvalue weighted by molar-refractivity contribution is 5.78. The number of nitrogens with zero attached hydrogens (tertiary/aromatic N) is 3. The first-order valence-electron chi connectivity index (χ1n) is 6.91. The molecule has 1 amide bonds. The average Bonchev–Trinajstić information content (AvgIpc) is 3.11. The van der Waals surface area contributed by atoms with E-state index < -0.39 is 0 Å². The van der Waals surface area contributed by atoms with E-state index in [9.17, 15) is 4.79 Å². The van der Waals surface area contributed by atoms with E-state index in [1.165, 1.54) is 0 Å². The molecule has 1 saturated heterocycles. The van der Waals surface area contributed by atoms with Crippen LogP contribution in [-0.2, 0) is 11.2 Å². The van der Waals surface area contributed by atoms with E-state index in [2.05, 4.69) is 15.4 Å². The van der Waals surface area contributed by atoms with Crippen LogP contribution in [0.2, 0.25) is 0 Å². The molecule has 3 rings (SSSR count). The normalized spacial score (nSPS) is 19.2. The van der Waals surface area contributed by atoms with E-state index >= 15 is 0 Å². The summed E-state index contributed by atoms with van der Waals surface area (Å²) in [5.74, 6) is 1.09. The van der Waals surface area contributed by atoms with Gasteiger partial charge in [-0.3, -0.25) is 9.89 Å². The van der Waals surface area contributed by atoms with Crippen molar-refractivity contribution in [3.8, 4) is 0 Å². The fraction of sp³-hybridized carbons (Fsp3) is 0.500. The molecular formula is C14H18N4O2. The molecule has 106 valence electrons. The van der Waals surface area contributed by atoms with Crippen molar-refractivity contribution in [2.24, 2.45) is 0 Å². The summed E-state index contributed by atoms with van der Waals surface area (Å²) in [5, 5.41) is 10.8. The zero-order valence-corrected chi connectivity index (χ0v) is 11.5. The largest absolute Gasteiger partial charge is 0.361 e. The van der Waals surface area contributed by atoms with Crippen LogP contribution in [0.1, 0.15) is 35.9 Å². The molecule has 20 heavy (non-hydrogen) atoms. The molecule has 6 heteroatoms. The molecule has 2 aromatic heterocycles. The molecule has 0 aromatic carbocycles. The van der Waals surface area contributed by atoms with Crippen LogP contribution in [0.4, 0.5) is 0 Å². The minimum atomic E-state index is 0.102. The first-order valence-corrected chi connectivity index (χ1v) is 6.91. The van der Waals surface area contributed by atoms with Crippen molar-refractivity contribution < 1.29 is 9.32 Å². The molecule has 1 fully saturated rings. The standard InChI is InChI=1S/C14H18N4O2/c1-10-7-12(20-17-10)8-14(19)18-6-2-3-11(9-18)13-4-5-15-16-13/h4-5,7,11H,2-3,6,8-9H2,1H3,(H,15,16)/t11-/m1/s1. The topological polar surface area (TPSA) is 75.0 Å². The molecule has 0 radical (unpaired) electrons. The van der Waals surface area contributed by atoms with Gasteiger partial charge in [0.05, 0.1) is 12.1 Å². The van der Waals surface area contributed by atoms with Crippen LogP contribution in [0.25, 0.3) is 0 Å². The minimum absolute atomic E-state index is 0.102. The number of nitrogens with one attached hydrogen (secondary N) is 1. The van der Waals surface area contributed by atoms with Crippen LogP contribution in [0, 0.1) is 6.92 Å². The van der Waals surface area contributed by atoms with Crippen LogP contribution in [0.15, 0.2) is 22.9 Å². The Kier molecular flexibility index (Phi) is 3.54. The quantitative estimate of drug-likeness (QED) is 0.923. The summed E-state index contributed by atoms with van der Waals surface area (Å²) in [6, 6.07) is 3.80. The van der Waals surface area contributed by atoms with Gasteiger partial charge in [0.2, 0.25) is 5.91 Å². The monoisotopic (exact) mass is 274 g/mol. The lowest BCUT2D eigenvalue weighted by atomic mass is 9.94. The fourth-order valence-corrected chi connectivity index (χ4v) is 2.71. The van der Waals surface area contributed by atoms with Gasteiger partial charge in [0.15, 0.2) is 0 Å². The number of H-pyrrole nitrogens is 1. The summed E-state index contributed by atoms with van der Waals surface area (Å²) in [5.41, 5.74) is 1.92. The second-order valence-electron chi connectivity index (χ2n) is 5.30. The Morgan fingerprint density at radius 1 is 1.60 bits per heavy atom. The Morgan fingerprint density at radius 3 is 3.20 bits per heavy atom. The summed E-state index contributed by atoms with van der Waals surface area (Å²) in [6.07, 6.45) is 4.15. The Hall–Kier alpha value is -2.11. The first kappa shape index (κ1) is 12.9. The SMILES string of the molecule is Cc1cc(CC(=O)N2CCC[C@@H](c3ccn[nH]3)C2)on1. The number of carbonyl (C=O) groups excluding carboxylic acids is 1. The molecule has 0 aliphatic carbocycles.